The van der Waals surface area contributed by atoms with Crippen molar-refractivity contribution in [2.24, 2.45) is 5.73 Å². The molecular weight excluding hydrogens is 121 g/mol. The summed E-state index contributed by atoms with van der Waals surface area (Å²) in [6.07, 6.45) is 4.90. The minimum atomic E-state index is 0.253. The molecule has 0 saturated heterocycles. The van der Waals surface area contributed by atoms with E-state index in [0.717, 1.165) is 12.3 Å². The van der Waals surface area contributed by atoms with Crippen molar-refractivity contribution in [2.45, 2.75) is 0 Å². The first-order valence-corrected chi connectivity index (χ1v) is 2.34. The Hall–Kier alpha value is -1.25. The molecule has 0 aliphatic heterocycles. The molecule has 0 saturated carbocycles. The third-order valence-electron chi connectivity index (χ3n) is 0.630. The Labute approximate surface area is 52.8 Å². The summed E-state index contributed by atoms with van der Waals surface area (Å²) in [5, 5.41) is 8.08. The topological polar surface area (TPSA) is 46.2 Å². The van der Waals surface area contributed by atoms with E-state index < -0.39 is 0 Å². The lowest BCUT2D eigenvalue weighted by molar-refractivity contribution is 0.473. The van der Waals surface area contributed by atoms with Gasteiger partial charge in [-0.25, -0.2) is 4.39 Å². The molecule has 0 rings (SSSR count). The third-order valence-corrected chi connectivity index (χ3v) is 0.630. The molecule has 0 aliphatic rings. The number of rotatable bonds is 2. The molecule has 0 bridgehead atoms. The predicted octanol–water partition coefficient (Wildman–Crippen LogP) is 1.38. The van der Waals surface area contributed by atoms with Crippen molar-refractivity contribution >= 4 is 0 Å². The summed E-state index contributed by atoms with van der Waals surface area (Å²) in [5.74, 6) is 0. The van der Waals surface area contributed by atoms with E-state index in [1.54, 1.807) is 0 Å². The molecule has 0 unspecified atom stereocenters. The van der Waals surface area contributed by atoms with Gasteiger partial charge in [-0.1, -0.05) is 0 Å². The van der Waals surface area contributed by atoms with Crippen LogP contribution >= 0.6 is 0 Å². The fraction of sp³-hybridized carbons (Fsp3) is 0. The zero-order chi connectivity index (χ0) is 7.11. The Morgan fingerprint density at radius 1 is 1.56 bits per heavy atom. The molecule has 0 heterocycles. The Kier molecular flexibility index (Phi) is 4.22. The van der Waals surface area contributed by atoms with Crippen LogP contribution in [0, 0.1) is 0 Å². The summed E-state index contributed by atoms with van der Waals surface area (Å²) in [7, 11) is 0. The summed E-state index contributed by atoms with van der Waals surface area (Å²) < 4.78 is 11.3. The Bertz CT molecular complexity index is 149. The van der Waals surface area contributed by atoms with Crippen LogP contribution in [0.1, 0.15) is 0 Å². The van der Waals surface area contributed by atoms with Gasteiger partial charge in [0.05, 0.1) is 12.6 Å². The van der Waals surface area contributed by atoms with Gasteiger partial charge in [0.2, 0.25) is 0 Å². The van der Waals surface area contributed by atoms with Gasteiger partial charge in [-0.15, -0.1) is 0 Å². The molecule has 50 valence electrons. The largest absolute Gasteiger partial charge is 0.516 e. The number of nitrogens with two attached hydrogens (primary N) is 1. The highest BCUT2D eigenvalue weighted by Crippen LogP contribution is 1.87. The van der Waals surface area contributed by atoms with Crippen LogP contribution in [0.2, 0.25) is 0 Å². The van der Waals surface area contributed by atoms with Crippen molar-refractivity contribution in [3.05, 3.63) is 36.5 Å². The van der Waals surface area contributed by atoms with Crippen LogP contribution in [0.15, 0.2) is 36.5 Å². The Morgan fingerprint density at radius 2 is 2.22 bits per heavy atom. The summed E-state index contributed by atoms with van der Waals surface area (Å²) in [4.78, 5) is 0. The number of hydrogen-bond donors (Lipinski definition) is 2. The molecule has 0 amide bonds. The van der Waals surface area contributed by atoms with E-state index >= 15 is 0 Å². The molecular formula is C6H8FNO. The van der Waals surface area contributed by atoms with Crippen molar-refractivity contribution in [3.63, 3.8) is 0 Å². The molecule has 3 heteroatoms. The van der Waals surface area contributed by atoms with Crippen LogP contribution in [0.25, 0.3) is 0 Å². The van der Waals surface area contributed by atoms with E-state index in [0.29, 0.717) is 6.33 Å². The fourth-order valence-electron chi connectivity index (χ4n) is 0.282. The van der Waals surface area contributed by atoms with E-state index in [1.165, 1.54) is 12.2 Å². The monoisotopic (exact) mass is 129 g/mol. The first-order valence-electron chi connectivity index (χ1n) is 2.34. The van der Waals surface area contributed by atoms with E-state index in [-0.39, 0.29) is 5.70 Å². The van der Waals surface area contributed by atoms with E-state index in [2.05, 4.69) is 0 Å². The first kappa shape index (κ1) is 7.75. The Balaban J connectivity index is 3.84. The van der Waals surface area contributed by atoms with Crippen molar-refractivity contribution < 1.29 is 9.50 Å². The molecule has 9 heavy (non-hydrogen) atoms. The second-order valence-corrected chi connectivity index (χ2v) is 1.30. The lowest BCUT2D eigenvalue weighted by Gasteiger charge is -1.83. The smallest absolute Gasteiger partial charge is 0.0887 e. The highest BCUT2D eigenvalue weighted by molar-refractivity contribution is 5.18. The quantitative estimate of drug-likeness (QED) is 0.437. The maximum Gasteiger partial charge on any atom is 0.0887 e. The number of allylic oxidation sites excluding steroid dienone is 3. The van der Waals surface area contributed by atoms with Gasteiger partial charge in [0.15, 0.2) is 0 Å². The molecule has 0 aromatic rings. The van der Waals surface area contributed by atoms with Gasteiger partial charge in [0.25, 0.3) is 0 Å². The van der Waals surface area contributed by atoms with Gasteiger partial charge in [-0.05, 0) is 18.2 Å². The Morgan fingerprint density at radius 3 is 2.67 bits per heavy atom. The maximum absolute atomic E-state index is 11.3. The van der Waals surface area contributed by atoms with Gasteiger partial charge < -0.3 is 10.8 Å². The molecule has 0 aromatic heterocycles. The fourth-order valence-corrected chi connectivity index (χ4v) is 0.282. The molecule has 2 nitrogen and oxygen atoms in total. The molecule has 0 radical (unpaired) electrons. The number of aliphatic hydroxyl groups is 1. The van der Waals surface area contributed by atoms with Gasteiger partial charge in [-0.2, -0.15) is 0 Å². The molecule has 0 fully saturated rings. The van der Waals surface area contributed by atoms with Gasteiger partial charge in [-0.3, -0.25) is 0 Å². The van der Waals surface area contributed by atoms with Crippen molar-refractivity contribution in [2.75, 3.05) is 0 Å². The molecule has 0 atom stereocenters. The van der Waals surface area contributed by atoms with E-state index in [4.69, 9.17) is 10.8 Å². The van der Waals surface area contributed by atoms with E-state index in [1.807, 2.05) is 0 Å². The van der Waals surface area contributed by atoms with Crippen LogP contribution in [-0.4, -0.2) is 5.11 Å². The summed E-state index contributed by atoms with van der Waals surface area (Å²) in [6.45, 7) is 0. The maximum atomic E-state index is 11.3. The minimum absolute atomic E-state index is 0.253. The zero-order valence-electron chi connectivity index (χ0n) is 4.79. The predicted molar refractivity (Wildman–Crippen MR) is 34.3 cm³/mol. The average molecular weight is 129 g/mol. The van der Waals surface area contributed by atoms with E-state index in [9.17, 15) is 4.39 Å². The van der Waals surface area contributed by atoms with Gasteiger partial charge >= 0.3 is 0 Å². The standard InChI is InChI=1S/C6H8FNO/c7-4-3-6(8)2-1-5-9/h1-5,9H,8H2/b4-3+,5-1+,6-2+. The first-order chi connectivity index (χ1) is 4.31. The number of halogens is 1. The normalized spacial score (nSPS) is 13.7. The average Bonchev–Trinajstić information content (AvgIpc) is 1.85. The number of hydrogen-bond acceptors (Lipinski definition) is 2. The summed E-state index contributed by atoms with van der Waals surface area (Å²) in [5.41, 5.74) is 5.39. The zero-order valence-corrected chi connectivity index (χ0v) is 4.79. The molecule has 3 N–H and O–H groups in total. The van der Waals surface area contributed by atoms with Gasteiger partial charge in [0.1, 0.15) is 0 Å². The van der Waals surface area contributed by atoms with Crippen molar-refractivity contribution in [1.82, 2.24) is 0 Å². The SMILES string of the molecule is NC(/C=C/F)=C/C=C/O. The van der Waals surface area contributed by atoms with Gasteiger partial charge in [0, 0.05) is 5.70 Å². The van der Waals surface area contributed by atoms with Crippen molar-refractivity contribution in [3.8, 4) is 0 Å². The van der Waals surface area contributed by atoms with Crippen LogP contribution < -0.4 is 5.73 Å². The molecule has 0 aromatic carbocycles. The second-order valence-electron chi connectivity index (χ2n) is 1.30. The lowest BCUT2D eigenvalue weighted by atomic mass is 10.4. The summed E-state index contributed by atoms with van der Waals surface area (Å²) >= 11 is 0. The van der Waals surface area contributed by atoms with Crippen LogP contribution in [0.4, 0.5) is 4.39 Å². The van der Waals surface area contributed by atoms with Crippen LogP contribution in [-0.2, 0) is 0 Å². The van der Waals surface area contributed by atoms with Crippen molar-refractivity contribution in [1.29, 1.82) is 0 Å². The second kappa shape index (κ2) is 4.90. The number of aliphatic hydroxyl groups excluding tert-OH is 1. The van der Waals surface area contributed by atoms with Crippen LogP contribution in [0.5, 0.6) is 0 Å². The lowest BCUT2D eigenvalue weighted by Crippen LogP contribution is -1.90. The third kappa shape index (κ3) is 4.61. The summed E-state index contributed by atoms with van der Waals surface area (Å²) in [6, 6.07) is 0. The molecule has 0 spiro atoms. The molecule has 0 aliphatic carbocycles. The highest BCUT2D eigenvalue weighted by atomic mass is 19.1. The highest BCUT2D eigenvalue weighted by Gasteiger charge is 1.75. The van der Waals surface area contributed by atoms with Crippen LogP contribution in [0.3, 0.4) is 0 Å². The minimum Gasteiger partial charge on any atom is -0.516 e.